The maximum absolute atomic E-state index is 13.1. The Morgan fingerprint density at radius 3 is 2.32 bits per heavy atom. The van der Waals surface area contributed by atoms with Gasteiger partial charge >= 0.3 is 13.6 Å². The van der Waals surface area contributed by atoms with Crippen LogP contribution in [0.25, 0.3) is 0 Å². The van der Waals surface area contributed by atoms with Crippen molar-refractivity contribution in [2.75, 3.05) is 19.4 Å². The highest BCUT2D eigenvalue weighted by Gasteiger charge is 2.60. The molecule has 0 spiro atoms. The number of fused-ring (bicyclic) bond motifs is 5. The highest BCUT2D eigenvalue weighted by atomic mass is 31.2. The molecule has 16 atom stereocenters. The molecule has 5 fully saturated rings. The second-order valence-electron chi connectivity index (χ2n) is 17.5. The average molecular weight is 731 g/mol. The summed E-state index contributed by atoms with van der Waals surface area (Å²) in [5, 5.41) is 65.4. The monoisotopic (exact) mass is 730 g/mol. The minimum atomic E-state index is -4.53. The maximum Gasteiger partial charge on any atom is 0.331 e. The fraction of sp³-hybridized carbons (Fsp3) is 0.944. The van der Waals surface area contributed by atoms with E-state index in [0.29, 0.717) is 41.4 Å². The van der Waals surface area contributed by atoms with Crippen LogP contribution in [0.3, 0.4) is 0 Å². The number of aliphatic carboxylic acids is 1. The molecule has 1 saturated heterocycles. The number of hydrogen-bond donors (Lipinski definition) is 9. The van der Waals surface area contributed by atoms with Crippen LogP contribution in [0.5, 0.6) is 0 Å². The van der Waals surface area contributed by atoms with Gasteiger partial charge in [0.05, 0.1) is 49.8 Å². The number of rotatable bonds is 14. The van der Waals surface area contributed by atoms with Crippen molar-refractivity contribution in [3.8, 4) is 0 Å². The zero-order chi connectivity index (χ0) is 36.8. The minimum absolute atomic E-state index is 0.113. The summed E-state index contributed by atoms with van der Waals surface area (Å²) in [6.07, 6.45) is 5.74. The lowest BCUT2D eigenvalue weighted by atomic mass is 9.44. The van der Waals surface area contributed by atoms with Crippen molar-refractivity contribution in [3.05, 3.63) is 0 Å². The molecule has 0 radical (unpaired) electrons. The Balaban J connectivity index is 1.11. The van der Waals surface area contributed by atoms with E-state index in [1.165, 1.54) is 39.0 Å². The van der Waals surface area contributed by atoms with Crippen LogP contribution in [0.4, 0.5) is 0 Å². The number of hydrogen-bond acceptors (Lipinski definition) is 10. The van der Waals surface area contributed by atoms with E-state index in [9.17, 15) is 49.7 Å². The zero-order valence-corrected chi connectivity index (χ0v) is 31.1. The molecule has 5 rings (SSSR count). The number of amides is 1. The van der Waals surface area contributed by atoms with Gasteiger partial charge in [0.1, 0.15) is 0 Å². The molecule has 0 aromatic rings. The van der Waals surface area contributed by atoms with E-state index in [1.54, 1.807) is 0 Å². The first-order chi connectivity index (χ1) is 23.3. The van der Waals surface area contributed by atoms with E-state index in [2.05, 4.69) is 31.4 Å². The minimum Gasteiger partial charge on any atom is -0.479 e. The van der Waals surface area contributed by atoms with Gasteiger partial charge in [0.25, 0.3) is 0 Å². The van der Waals surface area contributed by atoms with E-state index in [4.69, 9.17) is 4.52 Å². The predicted octanol–water partition coefficient (Wildman–Crippen LogP) is 2.39. The zero-order valence-electron chi connectivity index (χ0n) is 30.2. The fourth-order valence-electron chi connectivity index (χ4n) is 11.5. The lowest BCUT2D eigenvalue weighted by Crippen LogP contribution is -2.55. The molecule has 1 aliphatic heterocycles. The van der Waals surface area contributed by atoms with Crippen LogP contribution in [-0.4, -0.2) is 109 Å². The Morgan fingerprint density at radius 2 is 1.66 bits per heavy atom. The molecular weight excluding hydrogens is 667 g/mol. The average Bonchev–Trinajstić information content (AvgIpc) is 3.54. The summed E-state index contributed by atoms with van der Waals surface area (Å²) in [7, 11) is -4.53. The van der Waals surface area contributed by atoms with Crippen LogP contribution in [0.1, 0.15) is 105 Å². The topological polar surface area (TPSA) is 226 Å². The summed E-state index contributed by atoms with van der Waals surface area (Å²) in [5.74, 6) is 1.53. The largest absolute Gasteiger partial charge is 0.479 e. The summed E-state index contributed by atoms with van der Waals surface area (Å²) in [6, 6.07) is -1.64. The maximum atomic E-state index is 13.1. The van der Waals surface area contributed by atoms with Crippen molar-refractivity contribution < 1.29 is 54.2 Å². The summed E-state index contributed by atoms with van der Waals surface area (Å²) in [6.45, 7) is 7.13. The van der Waals surface area contributed by atoms with Crippen molar-refractivity contribution in [1.82, 2.24) is 10.6 Å². The van der Waals surface area contributed by atoms with Gasteiger partial charge in [-0.25, -0.2) is 4.79 Å². The van der Waals surface area contributed by atoms with Crippen LogP contribution in [-0.2, 0) is 18.7 Å². The van der Waals surface area contributed by atoms with Crippen LogP contribution in [0.2, 0.25) is 0 Å². The van der Waals surface area contributed by atoms with Crippen molar-refractivity contribution in [3.63, 3.8) is 0 Å². The lowest BCUT2D eigenvalue weighted by molar-refractivity contribution is -0.148. The Morgan fingerprint density at radius 1 is 1.00 bits per heavy atom. The standard InChI is InChI=1S/C36H63N2O11P/c1-20(25-8-9-26-24-7-6-21-15-22(40)11-13-34(21,2)27(24)12-14-35(25,26)3)5-10-30(42)38-36(4,33(45)46)19-49-50(47,48)18-23(41)16-28-31(43)32(44)29(17-39)37-28/h20-29,31-32,37,39-41,43-44H,5-19H2,1-4H3,(H,38,42)(H,45,46)(H,47,48)/t20-,21+,22-,23-,24+,25-,26+,27+,28-,29-,31-,32-,34+,35-,36?/m1/s1. The van der Waals surface area contributed by atoms with Crippen LogP contribution in [0.15, 0.2) is 0 Å². The second-order valence-corrected chi connectivity index (χ2v) is 19.4. The molecule has 1 heterocycles. The third-order valence-corrected chi connectivity index (χ3v) is 15.8. The first-order valence-electron chi connectivity index (χ1n) is 18.9. The molecule has 9 N–H and O–H groups in total. The van der Waals surface area contributed by atoms with Gasteiger partial charge in [-0.05, 0) is 124 Å². The molecule has 13 nitrogen and oxygen atoms in total. The molecule has 14 heteroatoms. The molecule has 4 saturated carbocycles. The summed E-state index contributed by atoms with van der Waals surface area (Å²) >= 11 is 0. The van der Waals surface area contributed by atoms with E-state index >= 15 is 0 Å². The number of aliphatic hydroxyl groups excluding tert-OH is 5. The molecule has 4 aliphatic carbocycles. The molecule has 2 unspecified atom stereocenters. The third kappa shape index (κ3) is 8.02. The van der Waals surface area contributed by atoms with Crippen LogP contribution < -0.4 is 10.6 Å². The summed E-state index contributed by atoms with van der Waals surface area (Å²) in [5.41, 5.74) is -1.46. The van der Waals surface area contributed by atoms with Crippen LogP contribution in [0, 0.1) is 46.3 Å². The summed E-state index contributed by atoms with van der Waals surface area (Å²) < 4.78 is 17.9. The normalized spacial score (nSPS) is 43.4. The Labute approximate surface area is 296 Å². The van der Waals surface area contributed by atoms with E-state index in [1.807, 2.05) is 0 Å². The number of carboxylic acids is 1. The number of aliphatic hydroxyl groups is 5. The lowest BCUT2D eigenvalue weighted by Gasteiger charge is -2.61. The summed E-state index contributed by atoms with van der Waals surface area (Å²) in [4.78, 5) is 35.8. The van der Waals surface area contributed by atoms with E-state index in [0.717, 1.165) is 25.7 Å². The third-order valence-electron chi connectivity index (χ3n) is 14.4. The Hall–Kier alpha value is -1.15. The van der Waals surface area contributed by atoms with Gasteiger partial charge in [0.15, 0.2) is 5.54 Å². The number of nitrogens with one attached hydrogen (secondary N) is 2. The molecule has 0 aromatic carbocycles. The quantitative estimate of drug-likeness (QED) is 0.118. The molecule has 0 aromatic heterocycles. The highest BCUT2D eigenvalue weighted by Crippen LogP contribution is 2.68. The van der Waals surface area contributed by atoms with Gasteiger partial charge < -0.3 is 50.7 Å². The fourth-order valence-corrected chi connectivity index (χ4v) is 12.8. The molecular formula is C36H63N2O11P. The van der Waals surface area contributed by atoms with Gasteiger partial charge in [0, 0.05) is 12.5 Å². The number of carbonyl (C=O) groups is 2. The first kappa shape index (κ1) is 40.0. The van der Waals surface area contributed by atoms with Crippen LogP contribution >= 0.6 is 7.60 Å². The molecule has 50 heavy (non-hydrogen) atoms. The second kappa shape index (κ2) is 15.3. The molecule has 0 bridgehead atoms. The van der Waals surface area contributed by atoms with Gasteiger partial charge in [-0.2, -0.15) is 0 Å². The number of carbonyl (C=O) groups excluding carboxylic acids is 1. The van der Waals surface area contributed by atoms with E-state index in [-0.39, 0.29) is 30.3 Å². The van der Waals surface area contributed by atoms with Gasteiger partial charge in [-0.15, -0.1) is 0 Å². The van der Waals surface area contributed by atoms with Gasteiger partial charge in [-0.1, -0.05) is 20.8 Å². The predicted molar refractivity (Wildman–Crippen MR) is 185 cm³/mol. The Bertz CT molecular complexity index is 1270. The smallest absolute Gasteiger partial charge is 0.331 e. The number of carboxylic acid groups (broad SMARTS) is 1. The van der Waals surface area contributed by atoms with Crippen molar-refractivity contribution in [2.45, 2.75) is 147 Å². The van der Waals surface area contributed by atoms with Gasteiger partial charge in [0.2, 0.25) is 5.91 Å². The van der Waals surface area contributed by atoms with E-state index < -0.39 is 74.8 Å². The SMILES string of the molecule is C[C@H](CCC(=O)NC(C)(COP(=O)(O)C[C@H](O)C[C@H]1N[C@H](CO)[C@@H](O)[C@@H]1O)C(=O)O)[C@H]1CC[C@H]2[C@@H]3CC[C@H]4C[C@H](O)CC[C@]4(C)[C@H]3CC[C@]12C. The Kier molecular flexibility index (Phi) is 12.3. The van der Waals surface area contributed by atoms with Crippen molar-refractivity contribution in [1.29, 1.82) is 0 Å². The van der Waals surface area contributed by atoms with Crippen molar-refractivity contribution >= 4 is 19.5 Å². The highest BCUT2D eigenvalue weighted by molar-refractivity contribution is 7.52. The molecule has 1 amide bonds. The molecule has 5 aliphatic rings. The first-order valence-corrected chi connectivity index (χ1v) is 20.7. The van der Waals surface area contributed by atoms with Gasteiger partial charge in [-0.3, -0.25) is 9.36 Å². The molecule has 288 valence electrons. The van der Waals surface area contributed by atoms with Crippen molar-refractivity contribution in [2.24, 2.45) is 46.3 Å².